The van der Waals surface area contributed by atoms with Crippen LogP contribution in [0.3, 0.4) is 0 Å². The molecule has 220 valence electrons. The Bertz CT molecular complexity index is 2250. The molecule has 0 bridgehead atoms. The summed E-state index contributed by atoms with van der Waals surface area (Å²) in [4.78, 5) is 2.44. The molecule has 3 aliphatic rings. The summed E-state index contributed by atoms with van der Waals surface area (Å²) in [5, 5.41) is 5.52. The van der Waals surface area contributed by atoms with Gasteiger partial charge >= 0.3 is 0 Å². The predicted octanol–water partition coefficient (Wildman–Crippen LogP) is 5.57. The quantitative estimate of drug-likeness (QED) is 0.242. The molecule has 3 aliphatic heterocycles. The fraction of sp³-hybridized carbons (Fsp3) is 0. The molecule has 0 radical (unpaired) electrons. The highest BCUT2D eigenvalue weighted by Crippen LogP contribution is 2.41. The van der Waals surface area contributed by atoms with Crippen LogP contribution in [0.5, 0.6) is 23.0 Å². The highest BCUT2D eigenvalue weighted by atomic mass is 28.3. The minimum absolute atomic E-state index is 0.0427. The van der Waals surface area contributed by atoms with Gasteiger partial charge in [-0.25, -0.2) is 0 Å². The van der Waals surface area contributed by atoms with Gasteiger partial charge in [0.25, 0.3) is 6.71 Å². The Labute approximate surface area is 275 Å². The predicted molar refractivity (Wildman–Crippen MR) is 196 cm³/mol. The van der Waals surface area contributed by atoms with Gasteiger partial charge in [-0.2, -0.15) is 0 Å². The van der Waals surface area contributed by atoms with Crippen LogP contribution in [0.15, 0.2) is 170 Å². The zero-order valence-electron chi connectivity index (χ0n) is 25.5. The van der Waals surface area contributed by atoms with E-state index in [-0.39, 0.29) is 6.71 Å². The van der Waals surface area contributed by atoms with E-state index in [4.69, 9.17) is 9.47 Å². The Morgan fingerprint density at radius 1 is 0.426 bits per heavy atom. The van der Waals surface area contributed by atoms with E-state index in [1.165, 1.54) is 37.6 Å². The van der Waals surface area contributed by atoms with Gasteiger partial charge in [-0.15, -0.1) is 0 Å². The van der Waals surface area contributed by atoms with Crippen LogP contribution in [0.2, 0.25) is 0 Å². The fourth-order valence-electron chi connectivity index (χ4n) is 8.19. The van der Waals surface area contributed by atoms with Crippen LogP contribution in [-0.2, 0) is 0 Å². The van der Waals surface area contributed by atoms with Crippen LogP contribution in [0.1, 0.15) is 0 Å². The molecule has 0 aliphatic carbocycles. The summed E-state index contributed by atoms with van der Waals surface area (Å²) in [7, 11) is -2.67. The van der Waals surface area contributed by atoms with Crippen LogP contribution >= 0.6 is 0 Å². The zero-order valence-corrected chi connectivity index (χ0v) is 26.5. The number of anilines is 3. The van der Waals surface area contributed by atoms with Gasteiger partial charge in [0, 0.05) is 28.6 Å². The van der Waals surface area contributed by atoms with Gasteiger partial charge in [-0.1, -0.05) is 127 Å². The van der Waals surface area contributed by atoms with E-state index >= 15 is 0 Å². The van der Waals surface area contributed by atoms with Crippen LogP contribution in [-0.4, -0.2) is 14.8 Å². The number of nitrogens with zero attached hydrogens (tertiary/aromatic N) is 1. The molecule has 0 amide bonds. The van der Waals surface area contributed by atoms with E-state index in [1.807, 2.05) is 18.2 Å². The molecule has 0 fully saturated rings. The largest absolute Gasteiger partial charge is 0.458 e. The van der Waals surface area contributed by atoms with E-state index in [9.17, 15) is 0 Å². The number of benzene rings is 7. The molecule has 3 nitrogen and oxygen atoms in total. The Balaban J connectivity index is 1.21. The van der Waals surface area contributed by atoms with E-state index < -0.39 is 8.07 Å². The molecule has 10 rings (SSSR count). The van der Waals surface area contributed by atoms with E-state index in [1.54, 1.807) is 0 Å². The summed E-state index contributed by atoms with van der Waals surface area (Å²) in [6.07, 6.45) is 0. The zero-order chi connectivity index (χ0) is 31.0. The average Bonchev–Trinajstić information content (AvgIpc) is 3.14. The highest BCUT2D eigenvalue weighted by Gasteiger charge is 2.49. The summed E-state index contributed by atoms with van der Waals surface area (Å²) in [5.41, 5.74) is 6.91. The van der Waals surface area contributed by atoms with Crippen molar-refractivity contribution in [2.24, 2.45) is 0 Å². The summed E-state index contributed by atoms with van der Waals surface area (Å²) >= 11 is 0. The lowest BCUT2D eigenvalue weighted by atomic mass is 9.35. The SMILES string of the molecule is c1ccc([Si]2(c3ccccc3)c3ccccc3N(c3ccc4c(c3)Oc3cccc5c3B4c3ccccc3O5)c3ccccc32)cc1. The van der Waals surface area contributed by atoms with Crippen LogP contribution in [0.25, 0.3) is 0 Å². The Kier molecular flexibility index (Phi) is 5.69. The van der Waals surface area contributed by atoms with Crippen molar-refractivity contribution >= 4 is 69.0 Å². The van der Waals surface area contributed by atoms with Gasteiger partial charge in [0.1, 0.15) is 23.0 Å². The first kappa shape index (κ1) is 26.4. The van der Waals surface area contributed by atoms with Crippen molar-refractivity contribution in [2.45, 2.75) is 0 Å². The van der Waals surface area contributed by atoms with Gasteiger partial charge < -0.3 is 14.4 Å². The van der Waals surface area contributed by atoms with Gasteiger partial charge in [0.05, 0.1) is 0 Å². The summed E-state index contributed by atoms with van der Waals surface area (Å²) < 4.78 is 13.1. The maximum Gasteiger partial charge on any atom is 0.260 e. The first-order valence-corrected chi connectivity index (χ1v) is 18.1. The second kappa shape index (κ2) is 10.1. The summed E-state index contributed by atoms with van der Waals surface area (Å²) in [6, 6.07) is 61.5. The van der Waals surface area contributed by atoms with Crippen LogP contribution < -0.4 is 51.5 Å². The Morgan fingerprint density at radius 2 is 0.936 bits per heavy atom. The van der Waals surface area contributed by atoms with Crippen molar-refractivity contribution in [3.63, 3.8) is 0 Å². The van der Waals surface area contributed by atoms with E-state index in [0.29, 0.717) is 0 Å². The first-order valence-electron chi connectivity index (χ1n) is 16.1. The molecule has 0 unspecified atom stereocenters. The van der Waals surface area contributed by atoms with Gasteiger partial charge in [0.15, 0.2) is 8.07 Å². The van der Waals surface area contributed by atoms with E-state index in [2.05, 4.69) is 157 Å². The number of ether oxygens (including phenoxy) is 2. The monoisotopic (exact) mass is 617 g/mol. The number of fused-ring (bicyclic) bond motifs is 6. The van der Waals surface area contributed by atoms with Crippen molar-refractivity contribution in [1.82, 2.24) is 0 Å². The fourth-order valence-corrected chi connectivity index (χ4v) is 13.3. The molecule has 3 heterocycles. The van der Waals surface area contributed by atoms with Crippen molar-refractivity contribution in [1.29, 1.82) is 0 Å². The third-order valence-electron chi connectivity index (χ3n) is 10.1. The van der Waals surface area contributed by atoms with Crippen LogP contribution in [0, 0.1) is 0 Å². The van der Waals surface area contributed by atoms with Crippen molar-refractivity contribution < 1.29 is 9.47 Å². The van der Waals surface area contributed by atoms with Gasteiger partial charge in [0.2, 0.25) is 0 Å². The lowest BCUT2D eigenvalue weighted by Crippen LogP contribution is -2.77. The molecule has 0 N–H and O–H groups in total. The molecular formula is C42H28BNO2Si. The molecule has 5 heteroatoms. The molecule has 0 spiro atoms. The number of para-hydroxylation sites is 3. The maximum atomic E-state index is 6.73. The number of rotatable bonds is 3. The maximum absolute atomic E-state index is 6.73. The second-order valence-corrected chi connectivity index (χ2v) is 16.1. The van der Waals surface area contributed by atoms with E-state index in [0.717, 1.165) is 39.6 Å². The molecule has 0 saturated carbocycles. The third kappa shape index (κ3) is 3.69. The average molecular weight is 618 g/mol. The number of hydrogen-bond donors (Lipinski definition) is 0. The lowest BCUT2D eigenvalue weighted by molar-refractivity contribution is 0.464. The van der Waals surface area contributed by atoms with Crippen molar-refractivity contribution in [2.75, 3.05) is 4.90 Å². The standard InChI is InChI=1S/C42H28BNO2Si/c1-3-14-30(15-4-1)47(31-16-5-2-6-17-31)40-24-11-8-19-34(40)44(35-20-9-12-25-41(35)47)29-26-27-33-39(28-29)46-38-23-13-22-37-42(38)43(33)32-18-7-10-21-36(32)45-37/h1-28H. The molecule has 0 atom stereocenters. The molecule has 0 aromatic heterocycles. The smallest absolute Gasteiger partial charge is 0.260 e. The topological polar surface area (TPSA) is 21.7 Å². The minimum Gasteiger partial charge on any atom is -0.458 e. The molecular weight excluding hydrogens is 589 g/mol. The summed E-state index contributed by atoms with van der Waals surface area (Å²) in [6.45, 7) is 0.0427. The molecule has 47 heavy (non-hydrogen) atoms. The Hall–Kier alpha value is -5.78. The molecule has 7 aromatic carbocycles. The first-order chi connectivity index (χ1) is 23.3. The van der Waals surface area contributed by atoms with Gasteiger partial charge in [-0.3, -0.25) is 0 Å². The second-order valence-electron chi connectivity index (χ2n) is 12.4. The third-order valence-corrected chi connectivity index (χ3v) is 14.9. The summed E-state index contributed by atoms with van der Waals surface area (Å²) in [5.74, 6) is 3.50. The Morgan fingerprint density at radius 3 is 1.60 bits per heavy atom. The van der Waals surface area contributed by atoms with Gasteiger partial charge in [-0.05, 0) is 68.1 Å². The molecule has 7 aromatic rings. The minimum atomic E-state index is -2.67. The highest BCUT2D eigenvalue weighted by molar-refractivity contribution is 7.21. The lowest BCUT2D eigenvalue weighted by Gasteiger charge is -2.45. The molecule has 0 saturated heterocycles. The normalized spacial score (nSPS) is 14.4. The van der Waals surface area contributed by atoms with Crippen molar-refractivity contribution in [3.8, 4) is 23.0 Å². The van der Waals surface area contributed by atoms with Crippen LogP contribution in [0.4, 0.5) is 17.1 Å². The van der Waals surface area contributed by atoms with Crippen molar-refractivity contribution in [3.05, 3.63) is 170 Å². The number of hydrogen-bond acceptors (Lipinski definition) is 3.